The first-order valence-electron chi connectivity index (χ1n) is 37.9. The lowest BCUT2D eigenvalue weighted by atomic mass is 9.33. The maximum atomic E-state index is 2.68. The summed E-state index contributed by atoms with van der Waals surface area (Å²) in [6.07, 6.45) is 0. The fourth-order valence-electron chi connectivity index (χ4n) is 18.9. The van der Waals surface area contributed by atoms with E-state index in [9.17, 15) is 0 Å². The molecule has 109 heavy (non-hydrogen) atoms. The Morgan fingerprint density at radius 1 is 0.202 bits per heavy atom. The van der Waals surface area contributed by atoms with Gasteiger partial charge in [0.2, 0.25) is 0 Å². The van der Waals surface area contributed by atoms with E-state index in [1.165, 1.54) is 95.0 Å². The van der Waals surface area contributed by atoms with Crippen LogP contribution >= 0.6 is 0 Å². The number of para-hydroxylation sites is 3. The van der Waals surface area contributed by atoms with Crippen LogP contribution in [0.5, 0.6) is 0 Å². The second kappa shape index (κ2) is 27.3. The summed E-state index contributed by atoms with van der Waals surface area (Å²) >= 11 is 0. The molecule has 2 aliphatic heterocycles. The molecular weight excluding hydrogens is 1360 g/mol. The number of nitrogens with zero attached hydrogens (tertiary/aromatic N) is 3. The zero-order valence-electron chi connectivity index (χ0n) is 60.1. The van der Waals surface area contributed by atoms with Crippen molar-refractivity contribution < 1.29 is 0 Å². The second-order valence-electron chi connectivity index (χ2n) is 28.9. The maximum absolute atomic E-state index is 3.15. The van der Waals surface area contributed by atoms with E-state index in [1.807, 2.05) is 0 Å². The van der Waals surface area contributed by atoms with Gasteiger partial charge in [0.05, 0.1) is 16.7 Å². The molecule has 0 bridgehead atoms. The summed E-state index contributed by atoms with van der Waals surface area (Å²) in [5.41, 5.74) is 16.2. The Morgan fingerprint density at radius 2 is 0.505 bits per heavy atom. The second-order valence-corrected chi connectivity index (χ2v) is 40.3. The number of aromatic nitrogens is 1. The lowest BCUT2D eigenvalue weighted by Crippen LogP contribution is -2.75. The Kier molecular flexibility index (Phi) is 16.4. The van der Waals surface area contributed by atoms with E-state index in [4.69, 9.17) is 0 Å². The van der Waals surface area contributed by atoms with Gasteiger partial charge in [0.1, 0.15) is 0 Å². The zero-order chi connectivity index (χ0) is 72.3. The van der Waals surface area contributed by atoms with Gasteiger partial charge in [0.15, 0.2) is 24.2 Å². The van der Waals surface area contributed by atoms with E-state index in [2.05, 4.69) is 463 Å². The molecular formula is C102H74BN3Si3. The summed E-state index contributed by atoms with van der Waals surface area (Å²) in [6.45, 7) is -0.255. The van der Waals surface area contributed by atoms with E-state index in [1.54, 1.807) is 0 Å². The van der Waals surface area contributed by atoms with Crippen LogP contribution in [0.3, 0.4) is 0 Å². The van der Waals surface area contributed by atoms with Crippen molar-refractivity contribution in [1.29, 1.82) is 0 Å². The highest BCUT2D eigenvalue weighted by atomic mass is 28.3. The summed E-state index contributed by atoms with van der Waals surface area (Å²) in [4.78, 5) is 5.31. The van der Waals surface area contributed by atoms with Crippen molar-refractivity contribution in [3.05, 3.63) is 449 Å². The van der Waals surface area contributed by atoms with Gasteiger partial charge < -0.3 is 14.4 Å². The van der Waals surface area contributed by atoms with Crippen LogP contribution < -0.4 is 88.4 Å². The van der Waals surface area contributed by atoms with Crippen LogP contribution in [-0.2, 0) is 0 Å². The van der Waals surface area contributed by atoms with Gasteiger partial charge in [-0.15, -0.1) is 0 Å². The number of hydrogen-bond donors (Lipinski definition) is 0. The number of hydrogen-bond acceptors (Lipinski definition) is 2. The Labute approximate surface area is 641 Å². The van der Waals surface area contributed by atoms with Crippen LogP contribution in [0.4, 0.5) is 34.1 Å². The third-order valence-corrected chi connectivity index (χ3v) is 37.8. The lowest BCUT2D eigenvalue weighted by molar-refractivity contribution is 1.16. The molecule has 18 aromatic rings. The van der Waals surface area contributed by atoms with Gasteiger partial charge >= 0.3 is 0 Å². The molecule has 0 saturated carbocycles. The van der Waals surface area contributed by atoms with Gasteiger partial charge in [0, 0.05) is 50.5 Å². The number of anilines is 6. The van der Waals surface area contributed by atoms with Crippen molar-refractivity contribution in [1.82, 2.24) is 4.57 Å². The van der Waals surface area contributed by atoms with Crippen LogP contribution in [0.25, 0.3) is 38.6 Å². The van der Waals surface area contributed by atoms with Crippen LogP contribution in [0.1, 0.15) is 0 Å². The van der Waals surface area contributed by atoms with Crippen molar-refractivity contribution >= 4 is 165 Å². The fraction of sp³-hybridized carbons (Fsp3) is 0. The fourth-order valence-corrected chi connectivity index (χ4v) is 33.2. The first kappa shape index (κ1) is 65.4. The van der Waals surface area contributed by atoms with Gasteiger partial charge in [-0.05, 0) is 139 Å². The molecule has 1 aromatic heterocycles. The average Bonchev–Trinajstić information content (AvgIpc) is 1.14. The summed E-state index contributed by atoms with van der Waals surface area (Å²) in [5.74, 6) is 0. The molecule has 0 radical (unpaired) electrons. The molecule has 0 fully saturated rings. The molecule has 7 heteroatoms. The third kappa shape index (κ3) is 10.4. The van der Waals surface area contributed by atoms with E-state index in [-0.39, 0.29) is 6.71 Å². The van der Waals surface area contributed by atoms with E-state index in [0.717, 1.165) is 56.4 Å². The van der Waals surface area contributed by atoms with Crippen molar-refractivity contribution in [3.8, 4) is 16.8 Å². The van der Waals surface area contributed by atoms with Gasteiger partial charge in [-0.25, -0.2) is 0 Å². The number of benzene rings is 17. The molecule has 3 heterocycles. The quantitative estimate of drug-likeness (QED) is 0.0706. The average molecular weight is 1440 g/mol. The van der Waals surface area contributed by atoms with Crippen molar-refractivity contribution in [2.75, 3.05) is 9.80 Å². The lowest BCUT2D eigenvalue weighted by Gasteiger charge is -2.46. The van der Waals surface area contributed by atoms with E-state index in [0.29, 0.717) is 0 Å². The van der Waals surface area contributed by atoms with Crippen molar-refractivity contribution in [3.63, 3.8) is 0 Å². The predicted octanol–water partition coefficient (Wildman–Crippen LogP) is 14.7. The summed E-state index contributed by atoms with van der Waals surface area (Å²) in [7, 11) is -9.10. The van der Waals surface area contributed by atoms with Crippen LogP contribution in [0, 0.1) is 0 Å². The number of fused-ring (bicyclic) bond motifs is 7. The molecule has 0 saturated heterocycles. The number of rotatable bonds is 16. The van der Waals surface area contributed by atoms with E-state index >= 15 is 0 Å². The molecule has 512 valence electrons. The molecule has 0 amide bonds. The van der Waals surface area contributed by atoms with Gasteiger partial charge in [-0.3, -0.25) is 0 Å². The van der Waals surface area contributed by atoms with Crippen LogP contribution in [0.2, 0.25) is 0 Å². The van der Waals surface area contributed by atoms with Crippen LogP contribution in [0.15, 0.2) is 449 Å². The smallest absolute Gasteiger partial charge is 0.252 e. The largest absolute Gasteiger partial charge is 0.311 e. The van der Waals surface area contributed by atoms with Crippen LogP contribution in [-0.4, -0.2) is 35.5 Å². The minimum Gasteiger partial charge on any atom is -0.311 e. The van der Waals surface area contributed by atoms with Crippen molar-refractivity contribution in [2.45, 2.75) is 0 Å². The predicted molar refractivity (Wildman–Crippen MR) is 471 cm³/mol. The molecule has 0 unspecified atom stereocenters. The minimum atomic E-state index is -3.15. The summed E-state index contributed by atoms with van der Waals surface area (Å²) in [6, 6.07) is 171. The molecule has 0 atom stereocenters. The van der Waals surface area contributed by atoms with Gasteiger partial charge in [-0.1, -0.05) is 394 Å². The molecule has 0 aliphatic carbocycles. The Morgan fingerprint density at radius 3 is 0.881 bits per heavy atom. The Balaban J connectivity index is 0.913. The molecule has 3 nitrogen and oxygen atoms in total. The molecule has 2 aliphatic rings. The Bertz CT molecular complexity index is 5980. The minimum absolute atomic E-state index is 0.255. The topological polar surface area (TPSA) is 11.4 Å². The SMILES string of the molecule is c1ccc(-c2cccc3c2N(c2ccc([Si](c4ccccc4)(c4ccccc4)c4ccccc4)cc2)c2cc(-n4c5ccccc5c5ccccc54)cc4c2B3c2cc([Si](c3ccccc3)(c3ccccc3)c3ccccc3)ccc2N4c2ccc([Si](c3ccccc3)(c3ccccc3)c3ccccc3)cc2)cc1. The zero-order valence-corrected chi connectivity index (χ0v) is 63.1. The first-order chi connectivity index (χ1) is 54.1. The molecule has 17 aromatic carbocycles. The highest BCUT2D eigenvalue weighted by molar-refractivity contribution is 7.21. The van der Waals surface area contributed by atoms with E-state index < -0.39 is 24.2 Å². The Hall–Kier alpha value is -13.1. The highest BCUT2D eigenvalue weighted by Gasteiger charge is 2.49. The maximum Gasteiger partial charge on any atom is 0.252 e. The van der Waals surface area contributed by atoms with Gasteiger partial charge in [-0.2, -0.15) is 0 Å². The first-order valence-corrected chi connectivity index (χ1v) is 43.9. The highest BCUT2D eigenvalue weighted by Crippen LogP contribution is 2.49. The summed E-state index contributed by atoms with van der Waals surface area (Å²) < 4.78 is 2.54. The standard InChI is InChI=1S/C102H74BN3Si3/c1-11-36-75(37-12-1)91-58-35-59-94-102(91)106(77-64-68-89(69-65-77)108(82-44-19-5-20-45-82,83-46-21-6-22-47-83)84-48-23-7-24-49-84)100-73-78(105-96-60-33-31-56-92(96)93-57-32-34-61-97(93)105)72-99-101(100)103(94)95-74-90(109(85-50-25-8-26-51-85,86-52-27-9-28-53-86)87-54-29-10-30-55-87)70-71-98(95)104(99)76-62-66-88(67-63-76)107(79-38-13-2-14-39-79,80-40-15-3-16-41-80)81-42-17-4-18-43-81/h1-74H. The van der Waals surface area contributed by atoms with Crippen molar-refractivity contribution in [2.24, 2.45) is 0 Å². The summed E-state index contributed by atoms with van der Waals surface area (Å²) in [5, 5.41) is 18.4. The molecule has 20 rings (SSSR count). The monoisotopic (exact) mass is 1440 g/mol. The molecule has 0 N–H and O–H groups in total. The van der Waals surface area contributed by atoms with Gasteiger partial charge in [0.25, 0.3) is 6.71 Å². The normalized spacial score (nSPS) is 12.5. The third-order valence-electron chi connectivity index (χ3n) is 23.4. The molecule has 0 spiro atoms.